The molecule has 2 aromatic rings. The number of fused-ring (bicyclic) bond motifs is 1. The molecule has 2 N–H and O–H groups in total. The number of esters is 2. The number of hydrogen-bond acceptors (Lipinski definition) is 9. The van der Waals surface area contributed by atoms with Crippen molar-refractivity contribution in [3.63, 3.8) is 0 Å². The molecule has 0 saturated carbocycles. The smallest absolute Gasteiger partial charge is 0.312 e. The van der Waals surface area contributed by atoms with E-state index >= 15 is 0 Å². The van der Waals surface area contributed by atoms with Gasteiger partial charge in [0.2, 0.25) is 5.60 Å². The summed E-state index contributed by atoms with van der Waals surface area (Å²) in [5.74, 6) is 1.62. The van der Waals surface area contributed by atoms with Crippen molar-refractivity contribution < 1.29 is 28.2 Å². The number of carbonyl (C=O) groups is 2. The van der Waals surface area contributed by atoms with Crippen molar-refractivity contribution in [2.24, 2.45) is 0 Å². The fraction of sp³-hybridized carbons (Fsp3) is 0.775. The maximum Gasteiger partial charge on any atom is 0.312 e. The summed E-state index contributed by atoms with van der Waals surface area (Å²) in [6.45, 7) is 4.04. The summed E-state index contributed by atoms with van der Waals surface area (Å²) in [4.78, 5) is 37.6. The highest BCUT2D eigenvalue weighted by atomic mass is 19.1. The number of nitrogens with two attached hydrogens (primary N) is 1. The molecule has 0 aliphatic heterocycles. The third kappa shape index (κ3) is 17.2. The number of rotatable bonds is 31. The molecule has 0 amide bonds. The van der Waals surface area contributed by atoms with Crippen molar-refractivity contribution in [1.29, 1.82) is 0 Å². The van der Waals surface area contributed by atoms with Gasteiger partial charge in [-0.25, -0.2) is 4.98 Å². The standard InChI is InChI=1S/C40H66FN5O5/c1-5-8-10-12-14-16-18-20-22-24-26-28-34(47)50-31-40(7-3,49-4)33(30-46-32-43-36-37(42)44-39(41)45-38(36)46)51-35(48)29-27-25-23-21-19-17-15-13-11-9-6-2/h3,32-33H,5-6,8-31H2,1-2,4H3,(H2,42,44,45)/t33-,40+/m0/s1. The molecule has 0 fully saturated rings. The molecule has 10 nitrogen and oxygen atoms in total. The summed E-state index contributed by atoms with van der Waals surface area (Å²) in [5, 5.41) is 0. The van der Waals surface area contributed by atoms with Crippen LogP contribution in [0, 0.1) is 18.4 Å². The van der Waals surface area contributed by atoms with Crippen molar-refractivity contribution in [1.82, 2.24) is 19.5 Å². The van der Waals surface area contributed by atoms with Gasteiger partial charge in [0.15, 0.2) is 17.6 Å². The first-order valence-electron chi connectivity index (χ1n) is 19.8. The van der Waals surface area contributed by atoms with E-state index in [1.165, 1.54) is 114 Å². The molecule has 2 heterocycles. The van der Waals surface area contributed by atoms with Crippen molar-refractivity contribution in [2.45, 2.75) is 186 Å². The number of nitrogens with zero attached hydrogens (tertiary/aromatic N) is 4. The molecular formula is C40H66FN5O5. The summed E-state index contributed by atoms with van der Waals surface area (Å²) in [7, 11) is 1.38. The van der Waals surface area contributed by atoms with E-state index in [0.29, 0.717) is 6.42 Å². The van der Waals surface area contributed by atoms with Crippen LogP contribution in [0.2, 0.25) is 0 Å². The van der Waals surface area contributed by atoms with Crippen molar-refractivity contribution >= 4 is 28.9 Å². The number of anilines is 1. The molecule has 0 aliphatic carbocycles. The third-order valence-electron chi connectivity index (χ3n) is 9.64. The Kier molecular flexibility index (Phi) is 22.8. The second-order valence-corrected chi connectivity index (χ2v) is 13.9. The number of unbranched alkanes of at least 4 members (excludes halogenated alkanes) is 20. The van der Waals surface area contributed by atoms with Crippen LogP contribution in [-0.4, -0.2) is 56.9 Å². The number of halogens is 1. The lowest BCUT2D eigenvalue weighted by molar-refractivity contribution is -0.174. The molecule has 0 radical (unpaired) electrons. The predicted molar refractivity (Wildman–Crippen MR) is 201 cm³/mol. The van der Waals surface area contributed by atoms with Gasteiger partial charge in [-0.1, -0.05) is 148 Å². The van der Waals surface area contributed by atoms with Crippen LogP contribution in [-0.2, 0) is 30.3 Å². The zero-order valence-electron chi connectivity index (χ0n) is 31.9. The molecule has 2 aromatic heterocycles. The van der Waals surface area contributed by atoms with Crippen LogP contribution in [0.25, 0.3) is 11.2 Å². The van der Waals surface area contributed by atoms with Gasteiger partial charge in [0.05, 0.1) is 12.9 Å². The van der Waals surface area contributed by atoms with Crippen LogP contribution in [0.5, 0.6) is 0 Å². The highest BCUT2D eigenvalue weighted by Gasteiger charge is 2.43. The number of ether oxygens (including phenoxy) is 3. The van der Waals surface area contributed by atoms with E-state index < -0.39 is 29.7 Å². The van der Waals surface area contributed by atoms with Crippen molar-refractivity contribution in [2.75, 3.05) is 19.5 Å². The maximum atomic E-state index is 14.1. The van der Waals surface area contributed by atoms with E-state index in [9.17, 15) is 14.0 Å². The zero-order chi connectivity index (χ0) is 37.2. The van der Waals surface area contributed by atoms with Gasteiger partial charge < -0.3 is 24.5 Å². The molecule has 0 aliphatic rings. The van der Waals surface area contributed by atoms with Crippen LogP contribution in [0.15, 0.2) is 6.33 Å². The molecule has 0 bridgehead atoms. The van der Waals surface area contributed by atoms with Gasteiger partial charge in [0.1, 0.15) is 12.1 Å². The molecule has 0 saturated heterocycles. The third-order valence-corrected chi connectivity index (χ3v) is 9.64. The minimum absolute atomic E-state index is 0.0927. The number of carbonyl (C=O) groups excluding carboxylic acids is 2. The van der Waals surface area contributed by atoms with E-state index in [0.717, 1.165) is 38.5 Å². The normalized spacial score (nSPS) is 13.2. The van der Waals surface area contributed by atoms with Crippen LogP contribution in [0.3, 0.4) is 0 Å². The second kappa shape index (κ2) is 26.5. The molecule has 2 rings (SSSR count). The molecule has 0 unspecified atom stereocenters. The molecule has 51 heavy (non-hydrogen) atoms. The van der Waals surface area contributed by atoms with Gasteiger partial charge >= 0.3 is 18.0 Å². The Bertz CT molecular complexity index is 1300. The number of nitrogen functional groups attached to an aromatic ring is 1. The van der Waals surface area contributed by atoms with Gasteiger partial charge in [-0.2, -0.15) is 14.4 Å². The number of methoxy groups -OCH3 is 1. The van der Waals surface area contributed by atoms with E-state index in [2.05, 4.69) is 34.7 Å². The lowest BCUT2D eigenvalue weighted by Crippen LogP contribution is -2.51. The van der Waals surface area contributed by atoms with Gasteiger partial charge in [-0.05, 0) is 12.8 Å². The van der Waals surface area contributed by atoms with Gasteiger partial charge in [0, 0.05) is 20.0 Å². The maximum absolute atomic E-state index is 14.1. The molecule has 11 heteroatoms. The Balaban J connectivity index is 1.93. The first-order valence-corrected chi connectivity index (χ1v) is 19.8. The monoisotopic (exact) mass is 716 g/mol. The molecule has 288 valence electrons. The molecule has 0 aromatic carbocycles. The van der Waals surface area contributed by atoms with Crippen LogP contribution < -0.4 is 5.73 Å². The quantitative estimate of drug-likeness (QED) is 0.0351. The fourth-order valence-electron chi connectivity index (χ4n) is 6.35. The number of hydrogen-bond donors (Lipinski definition) is 1. The lowest BCUT2D eigenvalue weighted by atomic mass is 9.97. The van der Waals surface area contributed by atoms with Crippen molar-refractivity contribution in [3.8, 4) is 12.3 Å². The molecular weight excluding hydrogens is 649 g/mol. The molecule has 2 atom stereocenters. The Morgan fingerprint density at radius 2 is 1.27 bits per heavy atom. The lowest BCUT2D eigenvalue weighted by Gasteiger charge is -2.34. The average molecular weight is 716 g/mol. The number of imidazole rings is 1. The first-order chi connectivity index (χ1) is 24.8. The summed E-state index contributed by atoms with van der Waals surface area (Å²) in [5.41, 5.74) is 4.56. The van der Waals surface area contributed by atoms with E-state index in [1.807, 2.05) is 0 Å². The van der Waals surface area contributed by atoms with E-state index in [-0.39, 0.29) is 43.0 Å². The number of terminal acetylenes is 1. The van der Waals surface area contributed by atoms with Crippen molar-refractivity contribution in [3.05, 3.63) is 12.4 Å². The highest BCUT2D eigenvalue weighted by molar-refractivity contribution is 5.81. The fourth-order valence-corrected chi connectivity index (χ4v) is 6.35. The summed E-state index contributed by atoms with van der Waals surface area (Å²) >= 11 is 0. The van der Waals surface area contributed by atoms with Gasteiger partial charge in [-0.3, -0.25) is 9.59 Å². The summed E-state index contributed by atoms with van der Waals surface area (Å²) in [6.07, 6.45) is 31.4. The minimum Gasteiger partial charge on any atom is -0.461 e. The van der Waals surface area contributed by atoms with E-state index in [1.54, 1.807) is 0 Å². The predicted octanol–water partition coefficient (Wildman–Crippen LogP) is 9.42. The van der Waals surface area contributed by atoms with Crippen LogP contribution in [0.1, 0.15) is 168 Å². The molecule has 0 spiro atoms. The first kappa shape index (κ1) is 43.9. The summed E-state index contributed by atoms with van der Waals surface area (Å²) in [6, 6.07) is 0. The zero-order valence-corrected chi connectivity index (χ0v) is 31.9. The van der Waals surface area contributed by atoms with Gasteiger partial charge in [0.25, 0.3) is 0 Å². The second-order valence-electron chi connectivity index (χ2n) is 13.9. The topological polar surface area (TPSA) is 131 Å². The SMILES string of the molecule is C#C[C@](COC(=O)CCCCCCCCCCCCC)(OC)[C@H](Cn1cnc2c(N)nc(F)nc21)OC(=O)CCCCCCCCCCCCC. The Hall–Kier alpha value is -3.26. The Morgan fingerprint density at radius 1 is 0.804 bits per heavy atom. The van der Waals surface area contributed by atoms with Gasteiger partial charge in [-0.15, -0.1) is 6.42 Å². The highest BCUT2D eigenvalue weighted by Crippen LogP contribution is 2.25. The Labute approximate surface area is 306 Å². The average Bonchev–Trinajstić information content (AvgIpc) is 3.52. The van der Waals surface area contributed by atoms with E-state index in [4.69, 9.17) is 26.4 Å². The largest absolute Gasteiger partial charge is 0.461 e. The van der Waals surface area contributed by atoms with Crippen LogP contribution in [0.4, 0.5) is 10.2 Å². The minimum atomic E-state index is -1.62. The Morgan fingerprint density at radius 3 is 1.75 bits per heavy atom. The number of aromatic nitrogens is 4. The van der Waals surface area contributed by atoms with Crippen LogP contribution >= 0.6 is 0 Å². The summed E-state index contributed by atoms with van der Waals surface area (Å²) < 4.78 is 33.0.